The Morgan fingerprint density at radius 3 is 2.66 bits per heavy atom. The molecule has 10 nitrogen and oxygen atoms in total. The zero-order valence-corrected chi connectivity index (χ0v) is 19.9. The first-order chi connectivity index (χ1) is 15.1. The number of nitrogens with two attached hydrogens (primary N) is 1. The number of aromatic nitrogens is 3. The number of rotatable bonds is 12. The van der Waals surface area contributed by atoms with Gasteiger partial charge in [0.05, 0.1) is 12.2 Å². The van der Waals surface area contributed by atoms with Gasteiger partial charge in [-0.1, -0.05) is 39.4 Å². The Morgan fingerprint density at radius 2 is 2.06 bits per heavy atom. The molecule has 176 valence electrons. The first-order valence-corrected chi connectivity index (χ1v) is 10.7. The number of likely N-dealkylation sites (N-methyl/N-ethyl adjacent to an activating group) is 1. The lowest BCUT2D eigenvalue weighted by molar-refractivity contribution is 0.253. The third-order valence-electron chi connectivity index (χ3n) is 4.44. The smallest absolute Gasteiger partial charge is 0.218 e. The molecule has 5 N–H and O–H groups in total. The van der Waals surface area contributed by atoms with Crippen LogP contribution in [0.3, 0.4) is 0 Å². The van der Waals surface area contributed by atoms with Crippen molar-refractivity contribution >= 4 is 11.7 Å². The minimum absolute atomic E-state index is 0.303. The highest BCUT2D eigenvalue weighted by Crippen LogP contribution is 2.16. The number of nitrogens with zero attached hydrogens (tertiary/aromatic N) is 4. The van der Waals surface area contributed by atoms with Crippen LogP contribution in [-0.2, 0) is 11.3 Å². The van der Waals surface area contributed by atoms with Crippen molar-refractivity contribution < 1.29 is 9.26 Å². The fourth-order valence-electron chi connectivity index (χ4n) is 2.50. The van der Waals surface area contributed by atoms with Gasteiger partial charge in [-0.15, -0.1) is 0 Å². The lowest BCUT2D eigenvalue weighted by Crippen LogP contribution is -2.21. The summed E-state index contributed by atoms with van der Waals surface area (Å²) in [5.74, 6) is 3.06. The van der Waals surface area contributed by atoms with Crippen LogP contribution in [0.5, 0.6) is 0 Å². The molecule has 0 bridgehead atoms. The van der Waals surface area contributed by atoms with E-state index >= 15 is 0 Å². The van der Waals surface area contributed by atoms with E-state index in [9.17, 15) is 0 Å². The minimum atomic E-state index is 0.303. The molecule has 2 aromatic rings. The van der Waals surface area contributed by atoms with Crippen LogP contribution in [0.25, 0.3) is 0 Å². The first kappa shape index (κ1) is 25.0. The Bertz CT molecular complexity index is 924. The Balaban J connectivity index is 2.04. The van der Waals surface area contributed by atoms with Crippen molar-refractivity contribution in [3.05, 3.63) is 53.6 Å². The van der Waals surface area contributed by atoms with E-state index in [-0.39, 0.29) is 0 Å². The van der Waals surface area contributed by atoms with Crippen LogP contribution in [0.4, 0.5) is 5.82 Å². The molecule has 2 heterocycles. The Morgan fingerprint density at radius 1 is 1.31 bits per heavy atom. The Hall–Kier alpha value is -3.27. The maximum atomic E-state index is 6.15. The summed E-state index contributed by atoms with van der Waals surface area (Å²) < 4.78 is 11.1. The van der Waals surface area contributed by atoms with Crippen molar-refractivity contribution in [2.24, 2.45) is 10.7 Å². The molecule has 0 aliphatic heterocycles. The molecule has 0 radical (unpaired) electrons. The third kappa shape index (κ3) is 8.46. The predicted octanol–water partition coefficient (Wildman–Crippen LogP) is 3.09. The number of aliphatic imine (C=N–C) groups is 1. The molecule has 0 saturated heterocycles. The maximum absolute atomic E-state index is 6.15. The second kappa shape index (κ2) is 11.9. The van der Waals surface area contributed by atoms with E-state index in [4.69, 9.17) is 15.0 Å². The van der Waals surface area contributed by atoms with E-state index in [1.165, 1.54) is 0 Å². The third-order valence-corrected chi connectivity index (χ3v) is 4.44. The van der Waals surface area contributed by atoms with E-state index in [0.29, 0.717) is 54.1 Å². The molecule has 10 heteroatoms. The zero-order chi connectivity index (χ0) is 23.7. The van der Waals surface area contributed by atoms with E-state index in [2.05, 4.69) is 65.3 Å². The topological polar surface area (TPSA) is 130 Å². The van der Waals surface area contributed by atoms with Crippen LogP contribution >= 0.6 is 0 Å². The van der Waals surface area contributed by atoms with Crippen molar-refractivity contribution in [2.75, 3.05) is 32.6 Å². The monoisotopic (exact) mass is 444 g/mol. The van der Waals surface area contributed by atoms with Crippen LogP contribution in [0.15, 0.2) is 45.9 Å². The van der Waals surface area contributed by atoms with Crippen molar-refractivity contribution in [3.8, 4) is 0 Å². The standard InChI is InChI=1S/C22H36N8O2/c1-14(2)18-11-21(28-27-18)26-20(23)12-22(31-9-8-30(6)7)25-16(5)24-13-17-10-19(15(3)4)29-32-17/h10-12,14-15,24H,5,8-9,13,23H2,1-4,6-7H3,(H2,26,27,28)/b20-12+,25-22+. The second-order valence-electron chi connectivity index (χ2n) is 8.36. The van der Waals surface area contributed by atoms with Gasteiger partial charge in [-0.2, -0.15) is 10.1 Å². The Kier molecular flexibility index (Phi) is 9.33. The molecule has 0 aromatic carbocycles. The molecule has 0 aliphatic carbocycles. The van der Waals surface area contributed by atoms with Gasteiger partial charge in [-0.3, -0.25) is 5.10 Å². The number of anilines is 1. The van der Waals surface area contributed by atoms with E-state index in [0.717, 1.165) is 17.9 Å². The molecule has 0 unspecified atom stereocenters. The van der Waals surface area contributed by atoms with Crippen LogP contribution in [0.1, 0.15) is 56.7 Å². The average molecular weight is 445 g/mol. The van der Waals surface area contributed by atoms with Crippen LogP contribution in [0.2, 0.25) is 0 Å². The average Bonchev–Trinajstić information content (AvgIpc) is 3.35. The van der Waals surface area contributed by atoms with Gasteiger partial charge < -0.3 is 30.5 Å². The molecule has 32 heavy (non-hydrogen) atoms. The van der Waals surface area contributed by atoms with Crippen LogP contribution < -0.4 is 16.4 Å². The molecule has 0 fully saturated rings. The second-order valence-corrected chi connectivity index (χ2v) is 8.36. The predicted molar refractivity (Wildman–Crippen MR) is 127 cm³/mol. The van der Waals surface area contributed by atoms with Crippen LogP contribution in [0, 0.1) is 0 Å². The summed E-state index contributed by atoms with van der Waals surface area (Å²) in [6.07, 6.45) is 1.61. The van der Waals surface area contributed by atoms with Gasteiger partial charge in [0.1, 0.15) is 18.2 Å². The molecule has 0 atom stereocenters. The number of hydrogen-bond donors (Lipinski definition) is 4. The van der Waals surface area contributed by atoms with Gasteiger partial charge in [0, 0.05) is 30.4 Å². The summed E-state index contributed by atoms with van der Waals surface area (Å²) in [7, 11) is 3.94. The molecule has 0 saturated carbocycles. The molecule has 0 aliphatic rings. The molecule has 2 rings (SSSR count). The molecule has 0 spiro atoms. The molecule has 2 aromatic heterocycles. The highest BCUT2D eigenvalue weighted by molar-refractivity contribution is 5.89. The summed E-state index contributed by atoms with van der Waals surface area (Å²) in [4.78, 5) is 6.45. The van der Waals surface area contributed by atoms with Gasteiger partial charge >= 0.3 is 0 Å². The fourth-order valence-corrected chi connectivity index (χ4v) is 2.50. The van der Waals surface area contributed by atoms with Gasteiger partial charge in [0.25, 0.3) is 0 Å². The van der Waals surface area contributed by atoms with Crippen molar-refractivity contribution in [1.82, 2.24) is 25.6 Å². The molecular formula is C22H36N8O2. The number of hydrogen-bond acceptors (Lipinski definition) is 9. The lowest BCUT2D eigenvalue weighted by atomic mass is 10.1. The van der Waals surface area contributed by atoms with Crippen LogP contribution in [-0.4, -0.2) is 53.4 Å². The van der Waals surface area contributed by atoms with Crippen molar-refractivity contribution in [1.29, 1.82) is 0 Å². The number of H-pyrrole nitrogens is 1. The van der Waals surface area contributed by atoms with Gasteiger partial charge in [-0.25, -0.2) is 0 Å². The largest absolute Gasteiger partial charge is 0.476 e. The highest BCUT2D eigenvalue weighted by Gasteiger charge is 2.09. The van der Waals surface area contributed by atoms with Gasteiger partial charge in [0.2, 0.25) is 5.90 Å². The maximum Gasteiger partial charge on any atom is 0.218 e. The summed E-state index contributed by atoms with van der Waals surface area (Å²) in [6.45, 7) is 13.8. The van der Waals surface area contributed by atoms with Crippen molar-refractivity contribution in [2.45, 2.75) is 46.1 Å². The quantitative estimate of drug-likeness (QED) is 0.290. The fraction of sp³-hybridized carbons (Fsp3) is 0.500. The lowest BCUT2D eigenvalue weighted by Gasteiger charge is -2.12. The normalized spacial score (nSPS) is 12.7. The van der Waals surface area contributed by atoms with Gasteiger partial charge in [-0.05, 0) is 25.9 Å². The SMILES string of the molecule is C=C(/N=C(\C=C(/N)Nc1cc(C(C)C)[nH]n1)OCCN(C)C)NCc1cc(C(C)C)no1. The minimum Gasteiger partial charge on any atom is -0.476 e. The number of nitrogens with one attached hydrogen (secondary N) is 3. The zero-order valence-electron chi connectivity index (χ0n) is 19.9. The number of ether oxygens (including phenoxy) is 1. The van der Waals surface area contributed by atoms with Crippen molar-refractivity contribution in [3.63, 3.8) is 0 Å². The first-order valence-electron chi connectivity index (χ1n) is 10.7. The van der Waals surface area contributed by atoms with E-state index in [1.807, 2.05) is 31.1 Å². The highest BCUT2D eigenvalue weighted by atomic mass is 16.5. The summed E-state index contributed by atoms with van der Waals surface area (Å²) in [6, 6.07) is 3.83. The Labute approximate surface area is 190 Å². The van der Waals surface area contributed by atoms with E-state index in [1.54, 1.807) is 6.08 Å². The molecule has 0 amide bonds. The summed E-state index contributed by atoms with van der Waals surface area (Å²) >= 11 is 0. The number of aromatic amines is 1. The summed E-state index contributed by atoms with van der Waals surface area (Å²) in [5, 5.41) is 17.4. The van der Waals surface area contributed by atoms with E-state index < -0.39 is 0 Å². The summed E-state index contributed by atoms with van der Waals surface area (Å²) in [5.41, 5.74) is 8.07. The molecular weight excluding hydrogens is 408 g/mol. The van der Waals surface area contributed by atoms with Gasteiger partial charge in [0.15, 0.2) is 11.6 Å².